The van der Waals surface area contributed by atoms with Crippen LogP contribution in [0.4, 0.5) is 0 Å². The van der Waals surface area contributed by atoms with E-state index in [0.29, 0.717) is 29.4 Å². The van der Waals surface area contributed by atoms with Gasteiger partial charge in [0.05, 0.1) is 12.5 Å². The number of β-lactam (4-membered cyclic amide) rings is 1. The number of nitrogens with one attached hydrogen (secondary N) is 1. The molecule has 3 aliphatic heterocycles. The molecule has 3 heterocycles. The predicted octanol–water partition coefficient (Wildman–Crippen LogP) is 2.15. The summed E-state index contributed by atoms with van der Waals surface area (Å²) in [5.74, 6) is -0.859. The van der Waals surface area contributed by atoms with Crippen molar-refractivity contribution < 1.29 is 24.6 Å². The summed E-state index contributed by atoms with van der Waals surface area (Å²) in [6.07, 6.45) is 0. The van der Waals surface area contributed by atoms with Gasteiger partial charge in [0.1, 0.15) is 33.2 Å². The molecule has 1 aromatic rings. The Labute approximate surface area is 211 Å². The third-order valence-corrected chi connectivity index (χ3v) is 8.98. The summed E-state index contributed by atoms with van der Waals surface area (Å²) in [5, 5.41) is 21.7. The Hall–Kier alpha value is -2.28. The molecule has 2 amide bonds. The Morgan fingerprint density at radius 2 is 1.91 bits per heavy atom. The van der Waals surface area contributed by atoms with E-state index in [1.165, 1.54) is 40.6 Å². The monoisotopic (exact) mass is 522 g/mol. The van der Waals surface area contributed by atoms with Gasteiger partial charge in [-0.25, -0.2) is 4.79 Å². The van der Waals surface area contributed by atoms with E-state index in [2.05, 4.69) is 5.32 Å². The van der Waals surface area contributed by atoms with Crippen molar-refractivity contribution in [2.45, 2.75) is 44.3 Å². The minimum absolute atomic E-state index is 0.00264. The van der Waals surface area contributed by atoms with Gasteiger partial charge in [-0.3, -0.25) is 19.4 Å². The lowest BCUT2D eigenvalue weighted by atomic mass is 10.0. The summed E-state index contributed by atoms with van der Waals surface area (Å²) in [6, 6.07) is 5.06. The highest BCUT2D eigenvalue weighted by atomic mass is 32.2. The van der Waals surface area contributed by atoms with Crippen molar-refractivity contribution >= 4 is 57.8 Å². The number of carbonyl (C=O) groups is 3. The van der Waals surface area contributed by atoms with Gasteiger partial charge in [0.15, 0.2) is 0 Å². The highest BCUT2D eigenvalue weighted by Crippen LogP contribution is 2.40. The standard InChI is InChI=1S/C22H26N4O5S3/c1-11(2)25-9-24(10-34-22(25)32)17(13-4-6-14(27)7-5-13)18(28)23-15-19(29)26-16(21(30)31)12(3)8-33-20(15)26/h4-7,11,15,17,20,27H,8-10H2,1-3H3,(H,23,28)(H,30,31)/t15-,17+,20+/m0/s1. The highest BCUT2D eigenvalue weighted by molar-refractivity contribution is 8.22. The fourth-order valence-corrected chi connectivity index (χ4v) is 6.90. The van der Waals surface area contributed by atoms with Gasteiger partial charge in [-0.2, -0.15) is 0 Å². The fourth-order valence-electron chi connectivity index (χ4n) is 4.24. The smallest absolute Gasteiger partial charge is 0.352 e. The molecular formula is C22H26N4O5S3. The Kier molecular flexibility index (Phi) is 7.13. The first-order chi connectivity index (χ1) is 16.1. The number of phenols is 1. The zero-order valence-electron chi connectivity index (χ0n) is 18.9. The average molecular weight is 523 g/mol. The van der Waals surface area contributed by atoms with Crippen molar-refractivity contribution in [2.24, 2.45) is 0 Å². The number of aliphatic carboxylic acids is 1. The number of aromatic hydroxyl groups is 1. The number of nitrogens with zero attached hydrogens (tertiary/aromatic N) is 3. The number of carboxylic acid groups (broad SMARTS) is 1. The summed E-state index contributed by atoms with van der Waals surface area (Å²) in [7, 11) is 0. The van der Waals surface area contributed by atoms with Crippen molar-refractivity contribution in [1.82, 2.24) is 20.0 Å². The second-order valence-electron chi connectivity index (χ2n) is 8.66. The van der Waals surface area contributed by atoms with Gasteiger partial charge in [0.2, 0.25) is 5.91 Å². The van der Waals surface area contributed by atoms with E-state index in [1.807, 2.05) is 23.6 Å². The zero-order valence-corrected chi connectivity index (χ0v) is 21.4. The van der Waals surface area contributed by atoms with Crippen molar-refractivity contribution in [3.8, 4) is 5.75 Å². The number of amides is 2. The van der Waals surface area contributed by atoms with E-state index in [9.17, 15) is 24.6 Å². The summed E-state index contributed by atoms with van der Waals surface area (Å²) >= 11 is 8.39. The molecule has 12 heteroatoms. The quantitative estimate of drug-likeness (QED) is 0.379. The molecule has 3 aliphatic rings. The maximum atomic E-state index is 13.6. The van der Waals surface area contributed by atoms with E-state index in [4.69, 9.17) is 12.2 Å². The molecule has 9 nitrogen and oxygen atoms in total. The summed E-state index contributed by atoms with van der Waals surface area (Å²) in [6.45, 7) is 6.20. The lowest BCUT2D eigenvalue weighted by Gasteiger charge is -2.50. The maximum Gasteiger partial charge on any atom is 0.352 e. The van der Waals surface area contributed by atoms with Crippen LogP contribution in [0.5, 0.6) is 5.75 Å². The van der Waals surface area contributed by atoms with Gasteiger partial charge < -0.3 is 20.4 Å². The first kappa shape index (κ1) is 24.8. The Morgan fingerprint density at radius 3 is 2.53 bits per heavy atom. The van der Waals surface area contributed by atoms with E-state index >= 15 is 0 Å². The third-order valence-electron chi connectivity index (χ3n) is 6.03. The zero-order chi connectivity index (χ0) is 24.7. The Morgan fingerprint density at radius 1 is 1.24 bits per heavy atom. The maximum absolute atomic E-state index is 13.6. The van der Waals surface area contributed by atoms with Crippen molar-refractivity contribution in [2.75, 3.05) is 18.3 Å². The largest absolute Gasteiger partial charge is 0.508 e. The molecule has 0 aliphatic carbocycles. The highest BCUT2D eigenvalue weighted by Gasteiger charge is 2.54. The molecule has 0 saturated carbocycles. The molecule has 0 spiro atoms. The summed E-state index contributed by atoms with van der Waals surface area (Å²) in [4.78, 5) is 43.4. The van der Waals surface area contributed by atoms with Crippen LogP contribution >= 0.6 is 35.7 Å². The molecule has 3 N–H and O–H groups in total. The Bertz CT molecular complexity index is 1060. The van der Waals surface area contributed by atoms with Crippen LogP contribution in [0.3, 0.4) is 0 Å². The van der Waals surface area contributed by atoms with Gasteiger partial charge in [-0.05, 0) is 44.0 Å². The van der Waals surface area contributed by atoms with Crippen molar-refractivity contribution in [3.63, 3.8) is 0 Å². The molecule has 0 bridgehead atoms. The number of carbonyl (C=O) groups excluding carboxylic acids is 2. The first-order valence-electron chi connectivity index (χ1n) is 10.7. The van der Waals surface area contributed by atoms with Crippen LogP contribution in [0.1, 0.15) is 32.4 Å². The number of carboxylic acids is 1. The molecule has 2 fully saturated rings. The lowest BCUT2D eigenvalue weighted by Crippen LogP contribution is -2.71. The molecule has 34 heavy (non-hydrogen) atoms. The predicted molar refractivity (Wildman–Crippen MR) is 135 cm³/mol. The van der Waals surface area contributed by atoms with Crippen molar-refractivity contribution in [3.05, 3.63) is 41.1 Å². The molecule has 0 unspecified atom stereocenters. The Balaban J connectivity index is 1.57. The first-order valence-corrected chi connectivity index (χ1v) is 13.2. The number of phenolic OH excluding ortho intramolecular Hbond substituents is 1. The summed E-state index contributed by atoms with van der Waals surface area (Å²) < 4.78 is 0.767. The topological polar surface area (TPSA) is 113 Å². The van der Waals surface area contributed by atoms with Gasteiger partial charge in [-0.15, -0.1) is 11.8 Å². The van der Waals surface area contributed by atoms with Crippen LogP contribution in [0.15, 0.2) is 35.5 Å². The van der Waals surface area contributed by atoms with E-state index in [0.717, 1.165) is 4.32 Å². The number of hydrogen-bond donors (Lipinski definition) is 3. The molecule has 1 aromatic carbocycles. The number of hydrogen-bond acceptors (Lipinski definition) is 8. The average Bonchev–Trinajstić information content (AvgIpc) is 2.79. The molecule has 0 aromatic heterocycles. The van der Waals surface area contributed by atoms with Crippen LogP contribution in [0, 0.1) is 0 Å². The van der Waals surface area contributed by atoms with Gasteiger partial charge in [0, 0.05) is 11.8 Å². The fraction of sp³-hybridized carbons (Fsp3) is 0.455. The number of benzene rings is 1. The SMILES string of the molecule is CC1=C(C(=O)O)N2C(=O)[C@H](NC(=O)[C@@H](c3ccc(O)cc3)N3CSC(=S)N(C(C)C)C3)[C@H]2SC1. The van der Waals surface area contributed by atoms with Crippen LogP contribution in [0.25, 0.3) is 0 Å². The number of thiocarbonyl (C=S) groups is 1. The van der Waals surface area contributed by atoms with Crippen LogP contribution in [0.2, 0.25) is 0 Å². The van der Waals surface area contributed by atoms with E-state index in [-0.39, 0.29) is 23.4 Å². The number of fused-ring (bicyclic) bond motifs is 1. The van der Waals surface area contributed by atoms with Crippen LogP contribution in [-0.4, -0.2) is 82.8 Å². The van der Waals surface area contributed by atoms with E-state index < -0.39 is 29.3 Å². The number of rotatable bonds is 6. The minimum Gasteiger partial charge on any atom is -0.508 e. The summed E-state index contributed by atoms with van der Waals surface area (Å²) in [5.41, 5.74) is 1.31. The normalized spacial score (nSPS) is 24.1. The number of thioether (sulfide) groups is 2. The van der Waals surface area contributed by atoms with Crippen LogP contribution in [-0.2, 0) is 14.4 Å². The van der Waals surface area contributed by atoms with E-state index in [1.54, 1.807) is 19.1 Å². The van der Waals surface area contributed by atoms with Gasteiger partial charge >= 0.3 is 5.97 Å². The lowest BCUT2D eigenvalue weighted by molar-refractivity contribution is -0.151. The van der Waals surface area contributed by atoms with Crippen LogP contribution < -0.4 is 5.32 Å². The molecule has 0 radical (unpaired) electrons. The van der Waals surface area contributed by atoms with Gasteiger partial charge in [-0.1, -0.05) is 36.1 Å². The second-order valence-corrected chi connectivity index (χ2v) is 11.3. The van der Waals surface area contributed by atoms with Crippen molar-refractivity contribution in [1.29, 1.82) is 0 Å². The molecule has 2 saturated heterocycles. The van der Waals surface area contributed by atoms with Gasteiger partial charge in [0.25, 0.3) is 5.91 Å². The third kappa shape index (κ3) is 4.51. The minimum atomic E-state index is -1.14. The second kappa shape index (κ2) is 9.76. The molecule has 3 atom stereocenters. The molecule has 182 valence electrons. The molecule has 4 rings (SSSR count). The molecular weight excluding hydrogens is 496 g/mol.